The number of nitrogens with two attached hydrogens (primary N) is 1. The number of nitrogens with one attached hydrogen (secondary N) is 2. The highest BCUT2D eigenvalue weighted by Crippen LogP contribution is 2.46. The third-order valence-electron chi connectivity index (χ3n) is 8.22. The first-order chi connectivity index (χ1) is 25.4. The zero-order valence-corrected chi connectivity index (χ0v) is 32.5. The maximum atomic E-state index is 15.4. The fraction of sp³-hybridized carbons (Fsp3) is 0.553. The molecule has 1 aliphatic rings. The van der Waals surface area contributed by atoms with E-state index in [0.29, 0.717) is 32.5 Å². The van der Waals surface area contributed by atoms with Gasteiger partial charge in [-0.1, -0.05) is 79.8 Å². The summed E-state index contributed by atoms with van der Waals surface area (Å²) in [6.07, 6.45) is 29.3. The largest absolute Gasteiger partial charge is 0.405 e. The van der Waals surface area contributed by atoms with Crippen LogP contribution in [0.4, 0.5) is 10.2 Å². The Balaban J connectivity index is 1.55. The Morgan fingerprint density at radius 2 is 1.58 bits per heavy atom. The molecule has 1 aromatic heterocycles. The number of nitrogen functional groups attached to an aromatic ring is 1. The van der Waals surface area contributed by atoms with Crippen LogP contribution in [0.3, 0.4) is 0 Å². The summed E-state index contributed by atoms with van der Waals surface area (Å²) in [4.78, 5) is 29.9. The number of aliphatic hydroxyl groups is 1. The Hall–Kier alpha value is -3.49. The van der Waals surface area contributed by atoms with E-state index in [9.17, 15) is 19.3 Å². The number of rotatable bonds is 26. The molecule has 0 bridgehead atoms. The topological polar surface area (TPSA) is 170 Å². The summed E-state index contributed by atoms with van der Waals surface area (Å²) in [5.74, 6) is -0.0748. The van der Waals surface area contributed by atoms with Gasteiger partial charge in [-0.05, 0) is 65.0 Å². The van der Waals surface area contributed by atoms with Gasteiger partial charge in [0, 0.05) is 45.9 Å². The number of aromatic nitrogens is 2. The standard InChI is InChI=1S/C38H60FN6O7P/c1-5-6-7-8-9-10-11-12-13-14-15-16-17-18-19-20-21-22-23-24-34(46)41-26-29-44(3)30-27-42-53(49,50-4)51-31-32-35(47)38(2,39)36(52-32)45-28-25-33(40)43-37(45)48/h6-7,9-10,12-13,15-16,18-19,21-22,25,28,32,35-36,47H,5,8,11,14,17,20,23-24,26-27,29-31H2,1-4H3,(H,41,46)(H,42,49)(H2,40,43,48)/b7-6-,10-9-,13-12-,16-15-,19-18-,22-21-/t32-,35-,36-,38-,53?/m1/s1. The number of ether oxygens (including phenoxy) is 1. The van der Waals surface area contributed by atoms with Crippen molar-refractivity contribution in [1.82, 2.24) is 24.9 Å². The van der Waals surface area contributed by atoms with Gasteiger partial charge in [-0.15, -0.1) is 0 Å². The lowest BCUT2D eigenvalue weighted by Gasteiger charge is -2.24. The highest BCUT2D eigenvalue weighted by molar-refractivity contribution is 7.51. The van der Waals surface area contributed by atoms with Gasteiger partial charge in [0.1, 0.15) is 18.0 Å². The van der Waals surface area contributed by atoms with E-state index in [1.807, 2.05) is 18.0 Å². The molecule has 1 aromatic rings. The van der Waals surface area contributed by atoms with Gasteiger partial charge in [-0.3, -0.25) is 13.9 Å². The molecule has 1 aliphatic heterocycles. The zero-order valence-electron chi connectivity index (χ0n) is 31.6. The van der Waals surface area contributed by atoms with Gasteiger partial charge in [0.2, 0.25) is 5.91 Å². The first kappa shape index (κ1) is 45.7. The van der Waals surface area contributed by atoms with Crippen molar-refractivity contribution in [2.24, 2.45) is 0 Å². The molecule has 1 amide bonds. The molecule has 1 saturated heterocycles. The van der Waals surface area contributed by atoms with Crippen molar-refractivity contribution in [1.29, 1.82) is 0 Å². The summed E-state index contributed by atoms with van der Waals surface area (Å²) in [7, 11) is -0.796. The molecule has 0 radical (unpaired) electrons. The van der Waals surface area contributed by atoms with Crippen molar-refractivity contribution in [3.63, 3.8) is 0 Å². The average Bonchev–Trinajstić information content (AvgIpc) is 3.35. The van der Waals surface area contributed by atoms with Crippen LogP contribution >= 0.6 is 7.75 Å². The predicted molar refractivity (Wildman–Crippen MR) is 209 cm³/mol. The van der Waals surface area contributed by atoms with Gasteiger partial charge in [0.05, 0.1) is 6.61 Å². The minimum Gasteiger partial charge on any atom is -0.387 e. The van der Waals surface area contributed by atoms with Crippen LogP contribution in [-0.4, -0.2) is 90.3 Å². The molecule has 1 unspecified atom stereocenters. The fourth-order valence-electron chi connectivity index (χ4n) is 5.11. The second-order valence-electron chi connectivity index (χ2n) is 12.7. The average molecular weight is 763 g/mol. The molecule has 2 heterocycles. The van der Waals surface area contributed by atoms with E-state index in [4.69, 9.17) is 19.5 Å². The van der Waals surface area contributed by atoms with E-state index >= 15 is 4.39 Å². The lowest BCUT2D eigenvalue weighted by atomic mass is 9.98. The van der Waals surface area contributed by atoms with E-state index in [2.05, 4.69) is 89.1 Å². The molecular formula is C38H60FN6O7P. The van der Waals surface area contributed by atoms with Crippen molar-refractivity contribution in [2.75, 3.05) is 52.7 Å². The molecule has 1 fully saturated rings. The summed E-state index contributed by atoms with van der Waals surface area (Å²) in [6.45, 7) is 4.41. The summed E-state index contributed by atoms with van der Waals surface area (Å²) in [5.41, 5.74) is 2.28. The highest BCUT2D eigenvalue weighted by atomic mass is 31.2. The molecule has 0 aromatic carbocycles. The lowest BCUT2D eigenvalue weighted by molar-refractivity contribution is -0.121. The van der Waals surface area contributed by atoms with Crippen LogP contribution in [0.25, 0.3) is 0 Å². The summed E-state index contributed by atoms with van der Waals surface area (Å²) in [6, 6.07) is 1.31. The Bertz CT molecular complexity index is 1510. The number of nitrogens with zero attached hydrogens (tertiary/aromatic N) is 3. The number of hydrogen-bond acceptors (Lipinski definition) is 10. The first-order valence-electron chi connectivity index (χ1n) is 18.2. The van der Waals surface area contributed by atoms with E-state index < -0.39 is 44.1 Å². The number of hydrogen-bond donors (Lipinski definition) is 4. The number of aliphatic hydroxyl groups excluding tert-OH is 1. The fourth-order valence-corrected chi connectivity index (χ4v) is 6.15. The molecule has 53 heavy (non-hydrogen) atoms. The molecule has 296 valence electrons. The molecule has 2 rings (SSSR count). The van der Waals surface area contributed by atoms with Crippen molar-refractivity contribution < 1.29 is 32.6 Å². The maximum Gasteiger partial charge on any atom is 0.405 e. The van der Waals surface area contributed by atoms with Gasteiger partial charge >= 0.3 is 13.4 Å². The van der Waals surface area contributed by atoms with Crippen molar-refractivity contribution in [3.8, 4) is 0 Å². The Morgan fingerprint density at radius 3 is 2.13 bits per heavy atom. The van der Waals surface area contributed by atoms with Crippen LogP contribution in [0.15, 0.2) is 90.0 Å². The molecule has 0 spiro atoms. The smallest absolute Gasteiger partial charge is 0.387 e. The Labute approximate surface area is 314 Å². The molecule has 5 atom stereocenters. The maximum absolute atomic E-state index is 15.4. The van der Waals surface area contributed by atoms with Crippen LogP contribution in [-0.2, 0) is 23.1 Å². The number of halogens is 1. The van der Waals surface area contributed by atoms with Gasteiger partial charge in [-0.2, -0.15) is 4.98 Å². The van der Waals surface area contributed by atoms with Gasteiger partial charge in [0.15, 0.2) is 11.9 Å². The Kier molecular flexibility index (Phi) is 22.0. The van der Waals surface area contributed by atoms with Gasteiger partial charge in [-0.25, -0.2) is 18.8 Å². The minimum atomic E-state index is -3.84. The number of anilines is 1. The van der Waals surface area contributed by atoms with E-state index in [1.54, 1.807) is 0 Å². The molecule has 0 aliphatic carbocycles. The highest BCUT2D eigenvalue weighted by Gasteiger charge is 2.55. The predicted octanol–water partition coefficient (Wildman–Crippen LogP) is 5.70. The van der Waals surface area contributed by atoms with E-state index in [-0.39, 0.29) is 18.3 Å². The van der Waals surface area contributed by atoms with Crippen LogP contribution in [0.2, 0.25) is 0 Å². The van der Waals surface area contributed by atoms with Crippen LogP contribution < -0.4 is 21.8 Å². The normalized spacial score (nSPS) is 22.2. The summed E-state index contributed by atoms with van der Waals surface area (Å²) >= 11 is 0. The van der Waals surface area contributed by atoms with E-state index in [1.165, 1.54) is 19.4 Å². The van der Waals surface area contributed by atoms with Crippen molar-refractivity contribution in [2.45, 2.75) is 89.3 Å². The van der Waals surface area contributed by atoms with Crippen molar-refractivity contribution in [3.05, 3.63) is 95.7 Å². The molecule has 15 heteroatoms. The van der Waals surface area contributed by atoms with Crippen molar-refractivity contribution >= 4 is 19.5 Å². The molecule has 13 nitrogen and oxygen atoms in total. The first-order valence-corrected chi connectivity index (χ1v) is 19.8. The van der Waals surface area contributed by atoms with E-state index in [0.717, 1.165) is 50.0 Å². The number of likely N-dealkylation sites (N-methyl/N-ethyl adjacent to an activating group) is 1. The molecule has 5 N–H and O–H groups in total. The Morgan fingerprint density at radius 1 is 1.04 bits per heavy atom. The zero-order chi connectivity index (χ0) is 39.0. The number of amides is 1. The minimum absolute atomic E-state index is 0.0335. The van der Waals surface area contributed by atoms with Crippen LogP contribution in [0.1, 0.15) is 71.4 Å². The lowest BCUT2D eigenvalue weighted by Crippen LogP contribution is -2.43. The van der Waals surface area contributed by atoms with Crippen LogP contribution in [0, 0.1) is 0 Å². The molecule has 0 saturated carbocycles. The van der Waals surface area contributed by atoms with Gasteiger partial charge < -0.3 is 30.3 Å². The summed E-state index contributed by atoms with van der Waals surface area (Å²) < 4.78 is 45.5. The second-order valence-corrected chi connectivity index (χ2v) is 14.6. The second kappa shape index (κ2) is 25.5. The van der Waals surface area contributed by atoms with Gasteiger partial charge in [0.25, 0.3) is 0 Å². The third-order valence-corrected chi connectivity index (χ3v) is 9.80. The number of carbonyl (C=O) groups excluding carboxylic acids is 1. The summed E-state index contributed by atoms with van der Waals surface area (Å²) in [5, 5.41) is 16.2. The molecular weight excluding hydrogens is 702 g/mol. The third kappa shape index (κ3) is 17.9. The number of allylic oxidation sites excluding steroid dienone is 12. The van der Waals surface area contributed by atoms with Crippen LogP contribution in [0.5, 0.6) is 0 Å². The number of carbonyl (C=O) groups is 1. The number of alkyl halides is 1. The monoisotopic (exact) mass is 762 g/mol. The quantitative estimate of drug-likeness (QED) is 0.0675. The SMILES string of the molecule is CC/C=C\C/C=C\C/C=C\C/C=C\C/C=C\C/C=C\CCC(=O)NCCN(C)CCNP(=O)(OC)OC[C@H]1O[C@@H](n2ccc(N)nc2=O)[C@](C)(F)[C@@H]1O.